The largest absolute Gasteiger partial charge is 0.354 e. The summed E-state index contributed by atoms with van der Waals surface area (Å²) in [5.41, 5.74) is 3.40. The summed E-state index contributed by atoms with van der Waals surface area (Å²) < 4.78 is 3.08. The van der Waals surface area contributed by atoms with Crippen molar-refractivity contribution < 1.29 is 4.79 Å². The molecule has 0 bridgehead atoms. The lowest BCUT2D eigenvalue weighted by Crippen LogP contribution is -2.30. The van der Waals surface area contributed by atoms with Gasteiger partial charge >= 0.3 is 0 Å². The van der Waals surface area contributed by atoms with E-state index in [9.17, 15) is 9.59 Å². The molecule has 130 valence electrons. The van der Waals surface area contributed by atoms with Gasteiger partial charge in [0.25, 0.3) is 5.56 Å². The van der Waals surface area contributed by atoms with Gasteiger partial charge in [-0.3, -0.25) is 9.59 Å². The normalized spacial score (nSPS) is 11.0. The molecule has 1 N–H and O–H groups in total. The van der Waals surface area contributed by atoms with Crippen molar-refractivity contribution in [3.8, 4) is 0 Å². The third-order valence-electron chi connectivity index (χ3n) is 4.33. The van der Waals surface area contributed by atoms with Gasteiger partial charge in [0, 0.05) is 19.8 Å². The molecule has 2 heterocycles. The fraction of sp³-hybridized carbons (Fsp3) is 0.316. The number of imidazole rings is 1. The van der Waals surface area contributed by atoms with E-state index in [-0.39, 0.29) is 18.0 Å². The summed E-state index contributed by atoms with van der Waals surface area (Å²) >= 11 is 0. The first-order valence-corrected chi connectivity index (χ1v) is 8.43. The molecule has 6 nitrogen and oxygen atoms in total. The van der Waals surface area contributed by atoms with Crippen LogP contribution in [0.25, 0.3) is 11.0 Å². The maximum absolute atomic E-state index is 12.2. The maximum Gasteiger partial charge on any atom is 0.276 e. The molecule has 0 aliphatic rings. The third kappa shape index (κ3) is 3.79. The van der Waals surface area contributed by atoms with Crippen molar-refractivity contribution in [2.24, 2.45) is 7.05 Å². The second-order valence-electron chi connectivity index (χ2n) is 6.11. The number of pyridine rings is 1. The van der Waals surface area contributed by atoms with Crippen LogP contribution < -0.4 is 10.9 Å². The summed E-state index contributed by atoms with van der Waals surface area (Å²) in [4.78, 5) is 28.6. The van der Waals surface area contributed by atoms with Crippen LogP contribution in [0.2, 0.25) is 0 Å². The van der Waals surface area contributed by atoms with Crippen LogP contribution in [-0.4, -0.2) is 26.6 Å². The van der Waals surface area contributed by atoms with E-state index in [0.29, 0.717) is 17.6 Å². The molecule has 0 unspecified atom stereocenters. The number of nitrogens with zero attached hydrogens (tertiary/aromatic N) is 3. The Morgan fingerprint density at radius 3 is 2.60 bits per heavy atom. The summed E-state index contributed by atoms with van der Waals surface area (Å²) in [5.74, 6) is -0.129. The number of nitrogens with one attached hydrogen (secondary N) is 1. The van der Waals surface area contributed by atoms with E-state index in [0.717, 1.165) is 12.8 Å². The van der Waals surface area contributed by atoms with Crippen LogP contribution in [0.1, 0.15) is 18.1 Å². The van der Waals surface area contributed by atoms with Gasteiger partial charge in [-0.15, -0.1) is 0 Å². The number of aryl methyl sites for hydroxylation is 2. The quantitative estimate of drug-likeness (QED) is 0.743. The van der Waals surface area contributed by atoms with E-state index >= 15 is 0 Å². The summed E-state index contributed by atoms with van der Waals surface area (Å²) in [7, 11) is 1.68. The van der Waals surface area contributed by atoms with Crippen LogP contribution >= 0.6 is 0 Å². The van der Waals surface area contributed by atoms with Crippen LogP contribution in [-0.2, 0) is 31.2 Å². The molecule has 0 radical (unpaired) electrons. The fourth-order valence-electron chi connectivity index (χ4n) is 2.79. The SMILES string of the molecule is CCc1ccc(CCNC(=O)Cn2cnc3ccn(C)c(=O)c32)cc1. The number of hydrogen-bond donors (Lipinski definition) is 1. The van der Waals surface area contributed by atoms with E-state index in [4.69, 9.17) is 0 Å². The first-order valence-electron chi connectivity index (χ1n) is 8.43. The predicted octanol–water partition coefficient (Wildman–Crippen LogP) is 1.66. The van der Waals surface area contributed by atoms with Crippen molar-refractivity contribution >= 4 is 16.9 Å². The molecule has 6 heteroatoms. The van der Waals surface area contributed by atoms with Gasteiger partial charge in [0.15, 0.2) is 0 Å². The monoisotopic (exact) mass is 338 g/mol. The molecule has 0 spiro atoms. The zero-order valence-electron chi connectivity index (χ0n) is 14.5. The predicted molar refractivity (Wildman–Crippen MR) is 97.5 cm³/mol. The number of carbonyl (C=O) groups excluding carboxylic acids is 1. The maximum atomic E-state index is 12.2. The van der Waals surface area contributed by atoms with Crippen molar-refractivity contribution in [2.45, 2.75) is 26.3 Å². The molecule has 0 fully saturated rings. The minimum atomic E-state index is -0.154. The van der Waals surface area contributed by atoms with Crippen LogP contribution in [0, 0.1) is 0 Å². The van der Waals surface area contributed by atoms with Gasteiger partial charge in [-0.25, -0.2) is 4.98 Å². The van der Waals surface area contributed by atoms with Gasteiger partial charge in [0.2, 0.25) is 5.91 Å². The summed E-state index contributed by atoms with van der Waals surface area (Å²) in [6.45, 7) is 2.78. The first-order chi connectivity index (χ1) is 12.1. The minimum absolute atomic E-state index is 0.0878. The van der Waals surface area contributed by atoms with E-state index in [2.05, 4.69) is 41.5 Å². The molecule has 2 aromatic heterocycles. The lowest BCUT2D eigenvalue weighted by molar-refractivity contribution is -0.121. The topological polar surface area (TPSA) is 68.9 Å². The molecule has 3 rings (SSSR count). The zero-order valence-corrected chi connectivity index (χ0v) is 14.5. The highest BCUT2D eigenvalue weighted by Gasteiger charge is 2.11. The Bertz CT molecular complexity index is 938. The van der Waals surface area contributed by atoms with Crippen LogP contribution in [0.3, 0.4) is 0 Å². The summed E-state index contributed by atoms with van der Waals surface area (Å²) in [6.07, 6.45) is 5.01. The van der Waals surface area contributed by atoms with Crippen LogP contribution in [0.15, 0.2) is 47.7 Å². The fourth-order valence-corrected chi connectivity index (χ4v) is 2.79. The van der Waals surface area contributed by atoms with Gasteiger partial charge in [-0.05, 0) is 30.0 Å². The van der Waals surface area contributed by atoms with Crippen molar-refractivity contribution in [3.05, 3.63) is 64.3 Å². The number of carbonyl (C=O) groups is 1. The average Bonchev–Trinajstić information content (AvgIpc) is 3.02. The molecular weight excluding hydrogens is 316 g/mol. The van der Waals surface area contributed by atoms with Gasteiger partial charge in [-0.2, -0.15) is 0 Å². The van der Waals surface area contributed by atoms with E-state index in [1.807, 2.05) is 0 Å². The molecule has 1 amide bonds. The van der Waals surface area contributed by atoms with Crippen LogP contribution in [0.4, 0.5) is 0 Å². The van der Waals surface area contributed by atoms with Gasteiger partial charge in [-0.1, -0.05) is 31.2 Å². The van der Waals surface area contributed by atoms with Crippen LogP contribution in [0.5, 0.6) is 0 Å². The lowest BCUT2D eigenvalue weighted by atomic mass is 10.1. The van der Waals surface area contributed by atoms with Crippen molar-refractivity contribution in [1.29, 1.82) is 0 Å². The highest BCUT2D eigenvalue weighted by atomic mass is 16.2. The second-order valence-corrected chi connectivity index (χ2v) is 6.11. The molecule has 0 aliphatic heterocycles. The number of aromatic nitrogens is 3. The zero-order chi connectivity index (χ0) is 17.8. The molecule has 1 aromatic carbocycles. The van der Waals surface area contributed by atoms with Crippen molar-refractivity contribution in [3.63, 3.8) is 0 Å². The highest BCUT2D eigenvalue weighted by molar-refractivity contribution is 5.79. The number of rotatable bonds is 6. The highest BCUT2D eigenvalue weighted by Crippen LogP contribution is 2.07. The number of hydrogen-bond acceptors (Lipinski definition) is 3. The molecule has 25 heavy (non-hydrogen) atoms. The van der Waals surface area contributed by atoms with Crippen molar-refractivity contribution in [2.75, 3.05) is 6.54 Å². The lowest BCUT2D eigenvalue weighted by Gasteiger charge is -2.07. The molecule has 0 saturated heterocycles. The second kappa shape index (κ2) is 7.34. The first kappa shape index (κ1) is 17.0. The van der Waals surface area contributed by atoms with Gasteiger partial charge < -0.3 is 14.5 Å². The molecule has 0 aliphatic carbocycles. The molecule has 0 saturated carbocycles. The Morgan fingerprint density at radius 2 is 1.88 bits per heavy atom. The molecular formula is C19H22N4O2. The Hall–Kier alpha value is -2.89. The standard InChI is InChI=1S/C19H22N4O2/c1-3-14-4-6-15(7-5-14)8-10-20-17(24)12-23-13-21-16-9-11-22(2)19(25)18(16)23/h4-7,9,11,13H,3,8,10,12H2,1-2H3,(H,20,24). The van der Waals surface area contributed by atoms with E-state index in [1.165, 1.54) is 22.0 Å². The third-order valence-corrected chi connectivity index (χ3v) is 4.33. The smallest absolute Gasteiger partial charge is 0.276 e. The Morgan fingerprint density at radius 1 is 1.16 bits per heavy atom. The summed E-state index contributed by atoms with van der Waals surface area (Å²) in [5, 5.41) is 2.90. The van der Waals surface area contributed by atoms with E-state index < -0.39 is 0 Å². The summed E-state index contributed by atoms with van der Waals surface area (Å²) in [6, 6.07) is 10.2. The Labute approximate surface area is 146 Å². The van der Waals surface area contributed by atoms with Crippen molar-refractivity contribution in [1.82, 2.24) is 19.4 Å². The number of amides is 1. The Kier molecular flexibility index (Phi) is 4.97. The molecule has 0 atom stereocenters. The number of benzene rings is 1. The Balaban J connectivity index is 1.59. The minimum Gasteiger partial charge on any atom is -0.354 e. The molecule has 3 aromatic rings. The number of fused-ring (bicyclic) bond motifs is 1. The van der Waals surface area contributed by atoms with Gasteiger partial charge in [0.05, 0.1) is 11.8 Å². The average molecular weight is 338 g/mol. The van der Waals surface area contributed by atoms with E-state index in [1.54, 1.807) is 23.9 Å². The van der Waals surface area contributed by atoms with Gasteiger partial charge in [0.1, 0.15) is 12.1 Å².